The van der Waals surface area contributed by atoms with Gasteiger partial charge in [0.05, 0.1) is 17.6 Å². The molecule has 0 unspecified atom stereocenters. The highest BCUT2D eigenvalue weighted by Gasteiger charge is 1.90. The van der Waals surface area contributed by atoms with Crippen molar-refractivity contribution in [3.8, 4) is 0 Å². The van der Waals surface area contributed by atoms with Crippen LogP contribution in [-0.2, 0) is 0 Å². The van der Waals surface area contributed by atoms with Crippen molar-refractivity contribution in [1.29, 1.82) is 0 Å². The molecule has 0 aliphatic heterocycles. The third kappa shape index (κ3) is 2.45. The van der Waals surface area contributed by atoms with Crippen molar-refractivity contribution in [2.45, 2.75) is 13.3 Å². The molecule has 3 heteroatoms. The Morgan fingerprint density at radius 1 is 1.55 bits per heavy atom. The molecule has 0 fully saturated rings. The Bertz CT molecular complexity index is 222. The number of nitrogens with two attached hydrogens (primary N) is 1. The van der Waals surface area contributed by atoms with E-state index in [4.69, 9.17) is 5.73 Å². The van der Waals surface area contributed by atoms with E-state index in [-0.39, 0.29) is 0 Å². The van der Waals surface area contributed by atoms with Crippen LogP contribution in [0.15, 0.2) is 18.5 Å². The lowest BCUT2D eigenvalue weighted by molar-refractivity contribution is 0.978. The van der Waals surface area contributed by atoms with E-state index in [1.165, 1.54) is 0 Å². The summed E-state index contributed by atoms with van der Waals surface area (Å²) in [5, 5.41) is 3.19. The van der Waals surface area contributed by atoms with Gasteiger partial charge in [-0.15, -0.1) is 0 Å². The summed E-state index contributed by atoms with van der Waals surface area (Å²) >= 11 is 0. The first-order valence-corrected chi connectivity index (χ1v) is 3.77. The van der Waals surface area contributed by atoms with E-state index in [1.54, 1.807) is 12.4 Å². The van der Waals surface area contributed by atoms with Crippen molar-refractivity contribution in [2.24, 2.45) is 0 Å². The molecule has 0 radical (unpaired) electrons. The number of anilines is 2. The van der Waals surface area contributed by atoms with Gasteiger partial charge in [0.1, 0.15) is 0 Å². The molecule has 0 saturated carbocycles. The number of nitrogens with zero attached hydrogens (tertiary/aromatic N) is 1. The Balaban J connectivity index is 2.56. The second kappa shape index (κ2) is 3.81. The summed E-state index contributed by atoms with van der Waals surface area (Å²) < 4.78 is 0. The van der Waals surface area contributed by atoms with Gasteiger partial charge in [0.15, 0.2) is 0 Å². The maximum atomic E-state index is 5.53. The fourth-order valence-corrected chi connectivity index (χ4v) is 0.824. The van der Waals surface area contributed by atoms with Gasteiger partial charge in [-0.2, -0.15) is 0 Å². The van der Waals surface area contributed by atoms with Crippen molar-refractivity contribution in [1.82, 2.24) is 4.98 Å². The third-order valence-corrected chi connectivity index (χ3v) is 1.34. The van der Waals surface area contributed by atoms with E-state index in [2.05, 4.69) is 17.2 Å². The van der Waals surface area contributed by atoms with Gasteiger partial charge in [-0.3, -0.25) is 4.98 Å². The van der Waals surface area contributed by atoms with Crippen LogP contribution in [0.2, 0.25) is 0 Å². The van der Waals surface area contributed by atoms with Crippen molar-refractivity contribution >= 4 is 11.4 Å². The molecule has 0 aromatic carbocycles. The molecule has 11 heavy (non-hydrogen) atoms. The monoisotopic (exact) mass is 151 g/mol. The van der Waals surface area contributed by atoms with Crippen LogP contribution in [-0.4, -0.2) is 11.5 Å². The average molecular weight is 151 g/mol. The van der Waals surface area contributed by atoms with Crippen LogP contribution in [0.1, 0.15) is 13.3 Å². The van der Waals surface area contributed by atoms with Gasteiger partial charge in [-0.05, 0) is 12.5 Å². The van der Waals surface area contributed by atoms with E-state index in [0.29, 0.717) is 5.69 Å². The molecule has 0 aliphatic carbocycles. The lowest BCUT2D eigenvalue weighted by atomic mass is 10.3. The van der Waals surface area contributed by atoms with Crippen LogP contribution >= 0.6 is 0 Å². The van der Waals surface area contributed by atoms with Crippen LogP contribution in [0.5, 0.6) is 0 Å². The first-order valence-electron chi connectivity index (χ1n) is 3.77. The highest BCUT2D eigenvalue weighted by Crippen LogP contribution is 2.08. The van der Waals surface area contributed by atoms with Crippen LogP contribution < -0.4 is 11.1 Å². The average Bonchev–Trinajstić information content (AvgIpc) is 2.01. The topological polar surface area (TPSA) is 50.9 Å². The molecule has 1 heterocycles. The first-order chi connectivity index (χ1) is 5.33. The summed E-state index contributed by atoms with van der Waals surface area (Å²) in [6, 6.07) is 1.88. The lowest BCUT2D eigenvalue weighted by Crippen LogP contribution is -2.00. The normalized spacial score (nSPS) is 9.55. The summed E-state index contributed by atoms with van der Waals surface area (Å²) in [6.07, 6.45) is 4.51. The molecule has 60 valence electrons. The number of hydrogen-bond donors (Lipinski definition) is 2. The van der Waals surface area contributed by atoms with E-state index >= 15 is 0 Å². The van der Waals surface area contributed by atoms with Crippen molar-refractivity contribution < 1.29 is 0 Å². The third-order valence-electron chi connectivity index (χ3n) is 1.34. The quantitative estimate of drug-likeness (QED) is 0.688. The van der Waals surface area contributed by atoms with Gasteiger partial charge < -0.3 is 11.1 Å². The molecule has 0 spiro atoms. The smallest absolute Gasteiger partial charge is 0.0547 e. The largest absolute Gasteiger partial charge is 0.397 e. The zero-order valence-corrected chi connectivity index (χ0v) is 6.67. The molecule has 0 amide bonds. The van der Waals surface area contributed by atoms with Crippen LogP contribution in [0.4, 0.5) is 11.4 Å². The second-order valence-corrected chi connectivity index (χ2v) is 2.43. The van der Waals surface area contributed by atoms with Crippen molar-refractivity contribution in [2.75, 3.05) is 17.6 Å². The molecular formula is C8H13N3. The Morgan fingerprint density at radius 2 is 2.36 bits per heavy atom. The van der Waals surface area contributed by atoms with E-state index in [1.807, 2.05) is 6.07 Å². The summed E-state index contributed by atoms with van der Waals surface area (Å²) in [4.78, 5) is 3.95. The maximum absolute atomic E-state index is 5.53. The first kappa shape index (κ1) is 7.85. The van der Waals surface area contributed by atoms with Gasteiger partial charge in [-0.1, -0.05) is 6.92 Å². The Hall–Kier alpha value is -1.25. The predicted molar refractivity (Wildman–Crippen MR) is 47.4 cm³/mol. The number of pyridine rings is 1. The van der Waals surface area contributed by atoms with Gasteiger partial charge in [-0.25, -0.2) is 0 Å². The van der Waals surface area contributed by atoms with Crippen molar-refractivity contribution in [3.63, 3.8) is 0 Å². The fourth-order valence-electron chi connectivity index (χ4n) is 0.824. The molecule has 3 nitrogen and oxygen atoms in total. The highest BCUT2D eigenvalue weighted by molar-refractivity contribution is 5.50. The number of nitrogens with one attached hydrogen (secondary N) is 1. The number of nitrogen functional groups attached to an aromatic ring is 1. The van der Waals surface area contributed by atoms with Gasteiger partial charge >= 0.3 is 0 Å². The molecule has 0 atom stereocenters. The molecule has 0 saturated heterocycles. The molecule has 0 bridgehead atoms. The Labute approximate surface area is 66.6 Å². The predicted octanol–water partition coefficient (Wildman–Crippen LogP) is 1.49. The molecule has 1 rings (SSSR count). The van der Waals surface area contributed by atoms with Crippen LogP contribution in [0.25, 0.3) is 0 Å². The van der Waals surface area contributed by atoms with E-state index in [0.717, 1.165) is 18.7 Å². The van der Waals surface area contributed by atoms with Gasteiger partial charge in [0, 0.05) is 12.7 Å². The Morgan fingerprint density at radius 3 is 3.00 bits per heavy atom. The molecular weight excluding hydrogens is 138 g/mol. The van der Waals surface area contributed by atoms with E-state index < -0.39 is 0 Å². The number of rotatable bonds is 3. The molecule has 0 aliphatic rings. The summed E-state index contributed by atoms with van der Waals surface area (Å²) in [5.74, 6) is 0. The SMILES string of the molecule is CCCNc1cncc(N)c1. The minimum absolute atomic E-state index is 0.700. The number of aromatic nitrogens is 1. The van der Waals surface area contributed by atoms with Gasteiger partial charge in [0.25, 0.3) is 0 Å². The number of hydrogen-bond acceptors (Lipinski definition) is 3. The fraction of sp³-hybridized carbons (Fsp3) is 0.375. The summed E-state index contributed by atoms with van der Waals surface area (Å²) in [5.41, 5.74) is 7.22. The second-order valence-electron chi connectivity index (χ2n) is 2.43. The molecule has 1 aromatic rings. The van der Waals surface area contributed by atoms with Crippen LogP contribution in [0, 0.1) is 0 Å². The van der Waals surface area contributed by atoms with Crippen molar-refractivity contribution in [3.05, 3.63) is 18.5 Å². The standard InChI is InChI=1S/C8H13N3/c1-2-3-11-8-4-7(9)5-10-6-8/h4-6,11H,2-3,9H2,1H3. The van der Waals surface area contributed by atoms with E-state index in [9.17, 15) is 0 Å². The zero-order valence-electron chi connectivity index (χ0n) is 6.67. The molecule has 1 aromatic heterocycles. The van der Waals surface area contributed by atoms with Gasteiger partial charge in [0.2, 0.25) is 0 Å². The maximum Gasteiger partial charge on any atom is 0.0547 e. The highest BCUT2D eigenvalue weighted by atomic mass is 14.9. The summed E-state index contributed by atoms with van der Waals surface area (Å²) in [6.45, 7) is 3.08. The Kier molecular flexibility index (Phi) is 2.72. The zero-order chi connectivity index (χ0) is 8.10. The molecule has 3 N–H and O–H groups in total. The minimum Gasteiger partial charge on any atom is -0.397 e. The minimum atomic E-state index is 0.700. The lowest BCUT2D eigenvalue weighted by Gasteiger charge is -2.03. The summed E-state index contributed by atoms with van der Waals surface area (Å²) in [7, 11) is 0. The van der Waals surface area contributed by atoms with Crippen LogP contribution in [0.3, 0.4) is 0 Å².